The number of anilines is 1. The molecule has 0 bridgehead atoms. The Morgan fingerprint density at radius 1 is 1.26 bits per heavy atom. The van der Waals surface area contributed by atoms with Gasteiger partial charge in [0.1, 0.15) is 5.75 Å². The highest BCUT2D eigenvalue weighted by molar-refractivity contribution is 6.04. The van der Waals surface area contributed by atoms with Crippen molar-refractivity contribution in [1.29, 1.82) is 5.41 Å². The first-order chi connectivity index (χ1) is 13.0. The molecule has 5 heteroatoms. The Morgan fingerprint density at radius 3 is 2.52 bits per heavy atom. The number of phenols is 1. The van der Waals surface area contributed by atoms with Crippen LogP contribution >= 0.6 is 0 Å². The number of amides is 1. The molecule has 1 atom stereocenters. The molecule has 144 valence electrons. The number of hydrogen-bond donors (Lipinski definition) is 4. The molecule has 0 aliphatic heterocycles. The predicted molar refractivity (Wildman–Crippen MR) is 110 cm³/mol. The van der Waals surface area contributed by atoms with Crippen LogP contribution in [-0.2, 0) is 0 Å². The van der Waals surface area contributed by atoms with Gasteiger partial charge in [0, 0.05) is 28.1 Å². The van der Waals surface area contributed by atoms with Gasteiger partial charge in [-0.05, 0) is 43.5 Å². The van der Waals surface area contributed by atoms with E-state index in [9.17, 15) is 9.90 Å². The van der Waals surface area contributed by atoms with Crippen LogP contribution in [-0.4, -0.2) is 16.7 Å². The van der Waals surface area contributed by atoms with E-state index in [2.05, 4.69) is 5.32 Å². The SMILES string of the molecule is CC.CC(=N)c1cc(C(=O)NC(CC2CC2)c2ccccc2O)ccc1N. The van der Waals surface area contributed by atoms with Gasteiger partial charge < -0.3 is 21.6 Å². The van der Waals surface area contributed by atoms with Crippen molar-refractivity contribution in [2.75, 3.05) is 5.73 Å². The number of nitrogens with two attached hydrogens (primary N) is 1. The maximum atomic E-state index is 12.7. The van der Waals surface area contributed by atoms with Crippen LogP contribution in [0, 0.1) is 11.3 Å². The van der Waals surface area contributed by atoms with E-state index in [0.29, 0.717) is 28.4 Å². The van der Waals surface area contributed by atoms with Crippen LogP contribution in [0.1, 0.15) is 67.6 Å². The average molecular weight is 367 g/mol. The Labute approximate surface area is 161 Å². The molecule has 1 amide bonds. The molecule has 1 aliphatic carbocycles. The first-order valence-corrected chi connectivity index (χ1v) is 9.49. The van der Waals surface area contributed by atoms with Crippen molar-refractivity contribution in [3.63, 3.8) is 0 Å². The number of rotatable bonds is 6. The lowest BCUT2D eigenvalue weighted by Gasteiger charge is -2.20. The average Bonchev–Trinajstić information content (AvgIpc) is 3.47. The fourth-order valence-electron chi connectivity index (χ4n) is 3.00. The lowest BCUT2D eigenvalue weighted by atomic mass is 9.99. The number of carbonyl (C=O) groups is 1. The number of phenolic OH excluding ortho intramolecular Hbond substituents is 1. The Balaban J connectivity index is 0.00000126. The standard InChI is InChI=1S/C20H23N3O2.C2H6/c1-12(21)16-11-14(8-9-17(16)22)20(25)23-18(10-13-6-7-13)15-4-2-3-5-19(15)24;1-2/h2-5,8-9,11,13,18,21,24H,6-7,10,22H2,1H3,(H,23,25);1-2H3. The number of benzene rings is 2. The minimum absolute atomic E-state index is 0.196. The van der Waals surface area contributed by atoms with E-state index in [1.54, 1.807) is 37.3 Å². The van der Waals surface area contributed by atoms with E-state index in [1.165, 1.54) is 12.8 Å². The molecule has 2 aromatic rings. The van der Waals surface area contributed by atoms with Gasteiger partial charge in [0.05, 0.1) is 6.04 Å². The van der Waals surface area contributed by atoms with Gasteiger partial charge in [-0.1, -0.05) is 44.9 Å². The maximum Gasteiger partial charge on any atom is 0.251 e. The van der Waals surface area contributed by atoms with Gasteiger partial charge in [0.15, 0.2) is 0 Å². The number of nitrogens with one attached hydrogen (secondary N) is 2. The lowest BCUT2D eigenvalue weighted by molar-refractivity contribution is 0.0933. The first kappa shape index (κ1) is 20.5. The number of aromatic hydroxyl groups is 1. The van der Waals surface area contributed by atoms with Gasteiger partial charge in [0.25, 0.3) is 5.91 Å². The zero-order valence-corrected chi connectivity index (χ0v) is 16.3. The molecule has 1 aliphatic rings. The predicted octanol–water partition coefficient (Wildman–Crippen LogP) is 4.66. The molecular weight excluding hydrogens is 338 g/mol. The summed E-state index contributed by atoms with van der Waals surface area (Å²) in [6, 6.07) is 11.8. The molecule has 0 aromatic heterocycles. The number of carbonyl (C=O) groups excluding carboxylic acids is 1. The third kappa shape index (κ3) is 5.33. The summed E-state index contributed by atoms with van der Waals surface area (Å²) in [5.41, 5.74) is 8.44. The lowest BCUT2D eigenvalue weighted by Crippen LogP contribution is -2.29. The highest BCUT2D eigenvalue weighted by atomic mass is 16.3. The molecule has 1 unspecified atom stereocenters. The Bertz CT molecular complexity index is 813. The second-order valence-electron chi connectivity index (χ2n) is 6.69. The van der Waals surface area contributed by atoms with Crippen LogP contribution in [0.3, 0.4) is 0 Å². The van der Waals surface area contributed by atoms with E-state index in [1.807, 2.05) is 26.0 Å². The zero-order chi connectivity index (χ0) is 20.0. The fraction of sp³-hybridized carbons (Fsp3) is 0.364. The number of nitrogen functional groups attached to an aromatic ring is 1. The quantitative estimate of drug-likeness (QED) is 0.441. The van der Waals surface area contributed by atoms with Gasteiger partial charge >= 0.3 is 0 Å². The van der Waals surface area contributed by atoms with Gasteiger partial charge in [-0.2, -0.15) is 0 Å². The largest absolute Gasteiger partial charge is 0.508 e. The van der Waals surface area contributed by atoms with Crippen molar-refractivity contribution in [1.82, 2.24) is 5.32 Å². The normalized spacial score (nSPS) is 13.9. The van der Waals surface area contributed by atoms with Crippen LogP contribution in [0.5, 0.6) is 5.75 Å². The van der Waals surface area contributed by atoms with Crippen molar-refractivity contribution in [3.05, 3.63) is 59.2 Å². The molecule has 0 saturated heterocycles. The van der Waals surface area contributed by atoms with Crippen LogP contribution in [0.2, 0.25) is 0 Å². The molecule has 1 saturated carbocycles. The van der Waals surface area contributed by atoms with E-state index in [4.69, 9.17) is 11.1 Å². The van der Waals surface area contributed by atoms with Crippen LogP contribution in [0.25, 0.3) is 0 Å². The smallest absolute Gasteiger partial charge is 0.251 e. The van der Waals surface area contributed by atoms with E-state index in [-0.39, 0.29) is 17.7 Å². The molecule has 5 N–H and O–H groups in total. The third-order valence-electron chi connectivity index (χ3n) is 4.60. The van der Waals surface area contributed by atoms with Gasteiger partial charge in [-0.25, -0.2) is 0 Å². The molecule has 5 nitrogen and oxygen atoms in total. The van der Waals surface area contributed by atoms with E-state index < -0.39 is 0 Å². The third-order valence-corrected chi connectivity index (χ3v) is 4.60. The second-order valence-corrected chi connectivity index (χ2v) is 6.69. The van der Waals surface area contributed by atoms with Crippen molar-refractivity contribution in [2.45, 2.75) is 46.1 Å². The Morgan fingerprint density at radius 2 is 1.93 bits per heavy atom. The van der Waals surface area contributed by atoms with Crippen molar-refractivity contribution >= 4 is 17.3 Å². The summed E-state index contributed by atoms with van der Waals surface area (Å²) in [5, 5.41) is 21.0. The summed E-state index contributed by atoms with van der Waals surface area (Å²) >= 11 is 0. The molecule has 1 fully saturated rings. The molecule has 2 aromatic carbocycles. The minimum atomic E-state index is -0.233. The molecule has 27 heavy (non-hydrogen) atoms. The zero-order valence-electron chi connectivity index (χ0n) is 16.3. The fourth-order valence-corrected chi connectivity index (χ4v) is 3.00. The Hall–Kier alpha value is -2.82. The van der Waals surface area contributed by atoms with Gasteiger partial charge in [0.2, 0.25) is 0 Å². The van der Waals surface area contributed by atoms with Crippen molar-refractivity contribution in [2.24, 2.45) is 5.92 Å². The molecule has 0 radical (unpaired) electrons. The van der Waals surface area contributed by atoms with E-state index in [0.717, 1.165) is 12.0 Å². The van der Waals surface area contributed by atoms with Gasteiger partial charge in [-0.15, -0.1) is 0 Å². The summed E-state index contributed by atoms with van der Waals surface area (Å²) in [5.74, 6) is 0.564. The Kier molecular flexibility index (Phi) is 6.99. The molecule has 3 rings (SSSR count). The molecular formula is C22H29N3O2. The summed E-state index contributed by atoms with van der Waals surface area (Å²) in [6.45, 7) is 5.64. The van der Waals surface area contributed by atoms with Crippen LogP contribution in [0.15, 0.2) is 42.5 Å². The number of para-hydroxylation sites is 1. The highest BCUT2D eigenvalue weighted by Gasteiger charge is 2.28. The van der Waals surface area contributed by atoms with Crippen LogP contribution in [0.4, 0.5) is 5.69 Å². The maximum absolute atomic E-state index is 12.7. The molecule has 0 heterocycles. The number of hydrogen-bond acceptors (Lipinski definition) is 4. The summed E-state index contributed by atoms with van der Waals surface area (Å²) in [4.78, 5) is 12.7. The monoisotopic (exact) mass is 367 g/mol. The summed E-state index contributed by atoms with van der Waals surface area (Å²) < 4.78 is 0. The minimum Gasteiger partial charge on any atom is -0.508 e. The second kappa shape index (κ2) is 9.21. The highest BCUT2D eigenvalue weighted by Crippen LogP contribution is 2.39. The molecule has 0 spiro atoms. The van der Waals surface area contributed by atoms with Gasteiger partial charge in [-0.3, -0.25) is 4.79 Å². The summed E-state index contributed by atoms with van der Waals surface area (Å²) in [7, 11) is 0. The van der Waals surface area contributed by atoms with Crippen LogP contribution < -0.4 is 11.1 Å². The van der Waals surface area contributed by atoms with Crippen molar-refractivity contribution < 1.29 is 9.90 Å². The van der Waals surface area contributed by atoms with Crippen molar-refractivity contribution in [3.8, 4) is 5.75 Å². The summed E-state index contributed by atoms with van der Waals surface area (Å²) in [6.07, 6.45) is 3.15. The topological polar surface area (TPSA) is 99.2 Å². The first-order valence-electron chi connectivity index (χ1n) is 9.49. The van der Waals surface area contributed by atoms with E-state index >= 15 is 0 Å².